The Kier molecular flexibility index (Phi) is 8.29. The number of carbonyl (C=O) groups is 5. The number of carbonyl (C=O) groups excluding carboxylic acids is 5. The Labute approximate surface area is 310 Å². The lowest BCUT2D eigenvalue weighted by atomic mass is 9.51. The van der Waals surface area contributed by atoms with Crippen molar-refractivity contribution in [3.05, 3.63) is 148 Å². The number of rotatable bonds is 7. The molecule has 6 unspecified atom stereocenters. The quantitative estimate of drug-likeness (QED) is 0.119. The Morgan fingerprint density at radius 1 is 0.887 bits per heavy atom. The molecule has 4 amide bonds. The highest BCUT2D eigenvalue weighted by Gasteiger charge is 2.68. The molecule has 10 heteroatoms. The van der Waals surface area contributed by atoms with Gasteiger partial charge in [0, 0.05) is 22.6 Å². The second kappa shape index (κ2) is 12.8. The van der Waals surface area contributed by atoms with E-state index in [-0.39, 0.29) is 41.0 Å². The van der Waals surface area contributed by atoms with E-state index in [4.69, 9.17) is 11.6 Å². The molecule has 266 valence electrons. The van der Waals surface area contributed by atoms with Gasteiger partial charge in [-0.3, -0.25) is 28.9 Å². The number of imide groups is 2. The number of nitrogens with zero attached hydrogens (tertiary/aromatic N) is 2. The van der Waals surface area contributed by atoms with Gasteiger partial charge in [0.25, 0.3) is 0 Å². The average Bonchev–Trinajstić information content (AvgIpc) is 3.53. The molecule has 0 aromatic heterocycles. The molecular formula is C43H34ClFN2O6. The number of hydrogen-bond acceptors (Lipinski definition) is 6. The summed E-state index contributed by atoms with van der Waals surface area (Å²) in [6, 6.07) is 24.1. The average molecular weight is 729 g/mol. The molecule has 8 nitrogen and oxygen atoms in total. The Morgan fingerprint density at radius 2 is 1.58 bits per heavy atom. The van der Waals surface area contributed by atoms with Crippen molar-refractivity contribution in [1.29, 1.82) is 0 Å². The van der Waals surface area contributed by atoms with Crippen molar-refractivity contribution in [2.45, 2.75) is 32.1 Å². The van der Waals surface area contributed by atoms with Gasteiger partial charge in [0.1, 0.15) is 11.6 Å². The summed E-state index contributed by atoms with van der Waals surface area (Å²) in [6.45, 7) is 5.52. The molecule has 2 aliphatic heterocycles. The van der Waals surface area contributed by atoms with Crippen LogP contribution in [-0.2, 0) is 25.6 Å². The van der Waals surface area contributed by atoms with Crippen LogP contribution in [0.5, 0.6) is 5.75 Å². The van der Waals surface area contributed by atoms with Crippen molar-refractivity contribution >= 4 is 52.4 Å². The molecule has 0 spiro atoms. The lowest BCUT2D eigenvalue weighted by molar-refractivity contribution is -0.131. The van der Waals surface area contributed by atoms with Gasteiger partial charge in [0.15, 0.2) is 5.78 Å². The van der Waals surface area contributed by atoms with E-state index in [0.29, 0.717) is 39.9 Å². The van der Waals surface area contributed by atoms with Gasteiger partial charge in [-0.1, -0.05) is 77.9 Å². The second-order valence-corrected chi connectivity index (χ2v) is 14.8. The number of phenolic OH excluding ortho intramolecular Hbond substituents is 1. The molecule has 4 aromatic rings. The van der Waals surface area contributed by atoms with Crippen LogP contribution >= 0.6 is 11.6 Å². The van der Waals surface area contributed by atoms with E-state index in [0.717, 1.165) is 11.0 Å². The molecule has 6 atom stereocenters. The number of hydrogen-bond donors (Lipinski definition) is 1. The van der Waals surface area contributed by atoms with E-state index in [1.165, 1.54) is 17.0 Å². The van der Waals surface area contributed by atoms with Crippen LogP contribution in [0.3, 0.4) is 0 Å². The molecule has 1 saturated carbocycles. The molecule has 1 N–H and O–H groups in total. The number of aromatic hydroxyl groups is 1. The minimum Gasteiger partial charge on any atom is -0.507 e. The number of benzene rings is 4. The van der Waals surface area contributed by atoms with E-state index in [1.807, 2.05) is 12.1 Å². The van der Waals surface area contributed by atoms with Crippen molar-refractivity contribution < 1.29 is 33.5 Å². The van der Waals surface area contributed by atoms with Crippen LogP contribution in [0.2, 0.25) is 5.02 Å². The summed E-state index contributed by atoms with van der Waals surface area (Å²) in [7, 11) is 0. The maximum Gasteiger partial charge on any atom is 0.241 e. The van der Waals surface area contributed by atoms with Gasteiger partial charge in [0.2, 0.25) is 23.6 Å². The van der Waals surface area contributed by atoms with Gasteiger partial charge in [-0.15, -0.1) is 6.58 Å². The third-order valence-corrected chi connectivity index (χ3v) is 12.0. The van der Waals surface area contributed by atoms with E-state index >= 15 is 0 Å². The van der Waals surface area contributed by atoms with Crippen LogP contribution in [0.1, 0.15) is 52.7 Å². The van der Waals surface area contributed by atoms with Gasteiger partial charge in [-0.2, -0.15) is 0 Å². The van der Waals surface area contributed by atoms with E-state index in [1.54, 1.807) is 79.7 Å². The van der Waals surface area contributed by atoms with Gasteiger partial charge < -0.3 is 5.11 Å². The summed E-state index contributed by atoms with van der Waals surface area (Å²) in [5, 5.41) is 11.5. The molecule has 2 saturated heterocycles. The van der Waals surface area contributed by atoms with Crippen LogP contribution in [0.15, 0.2) is 115 Å². The predicted octanol–water partition coefficient (Wildman–Crippen LogP) is 7.58. The summed E-state index contributed by atoms with van der Waals surface area (Å²) >= 11 is 6.11. The van der Waals surface area contributed by atoms with Crippen LogP contribution < -0.4 is 9.80 Å². The van der Waals surface area contributed by atoms with Gasteiger partial charge in [0.05, 0.1) is 39.6 Å². The second-order valence-electron chi connectivity index (χ2n) is 14.4. The summed E-state index contributed by atoms with van der Waals surface area (Å²) in [5.74, 6) is -6.76. The molecule has 2 aliphatic carbocycles. The number of para-hydroxylation sites is 1. The van der Waals surface area contributed by atoms with Crippen molar-refractivity contribution in [3.63, 3.8) is 0 Å². The monoisotopic (exact) mass is 728 g/mol. The fourth-order valence-corrected chi connectivity index (χ4v) is 9.34. The largest absolute Gasteiger partial charge is 0.507 e. The van der Waals surface area contributed by atoms with E-state index in [2.05, 4.69) is 6.58 Å². The number of ketones is 1. The summed E-state index contributed by atoms with van der Waals surface area (Å²) < 4.78 is 14.2. The number of amides is 4. The molecule has 3 fully saturated rings. The predicted molar refractivity (Wildman–Crippen MR) is 197 cm³/mol. The minimum atomic E-state index is -1.41. The first-order valence-corrected chi connectivity index (χ1v) is 17.9. The first-order chi connectivity index (χ1) is 25.5. The maximum atomic E-state index is 14.7. The SMILES string of the molecule is C=CCc1cccc(C2C3=CCC4C(=O)N(c5ccc(C(=O)c6ccccc6)cc5)C(=O)C4C3CC3C(=O)N(c4ccc(F)c(Cl)c4)C(=O)C32C)c1O. The van der Waals surface area contributed by atoms with Crippen LogP contribution in [0.25, 0.3) is 0 Å². The highest BCUT2D eigenvalue weighted by Crippen LogP contribution is 2.64. The highest BCUT2D eigenvalue weighted by molar-refractivity contribution is 6.32. The van der Waals surface area contributed by atoms with Crippen molar-refractivity contribution in [2.75, 3.05) is 9.80 Å². The zero-order chi connectivity index (χ0) is 37.3. The Bertz CT molecular complexity index is 2290. The zero-order valence-electron chi connectivity index (χ0n) is 28.7. The first kappa shape index (κ1) is 34.4. The number of anilines is 2. The normalized spacial score (nSPS) is 26.2. The third-order valence-electron chi connectivity index (χ3n) is 11.7. The summed E-state index contributed by atoms with van der Waals surface area (Å²) in [6.07, 6.45) is 4.23. The number of halogens is 2. The van der Waals surface area contributed by atoms with Crippen LogP contribution in [0, 0.1) is 34.9 Å². The first-order valence-electron chi connectivity index (χ1n) is 17.5. The van der Waals surface area contributed by atoms with Gasteiger partial charge >= 0.3 is 0 Å². The van der Waals surface area contributed by atoms with Crippen molar-refractivity contribution in [3.8, 4) is 5.75 Å². The molecule has 0 bridgehead atoms. The summed E-state index contributed by atoms with van der Waals surface area (Å²) in [5.41, 5.74) is 1.68. The topological polar surface area (TPSA) is 112 Å². The zero-order valence-corrected chi connectivity index (χ0v) is 29.4. The molecule has 2 heterocycles. The minimum absolute atomic E-state index is 0.0369. The number of fused-ring (bicyclic) bond motifs is 4. The van der Waals surface area contributed by atoms with Gasteiger partial charge in [-0.25, -0.2) is 9.29 Å². The smallest absolute Gasteiger partial charge is 0.241 e. The Hall–Kier alpha value is -5.67. The van der Waals surface area contributed by atoms with Crippen LogP contribution in [-0.4, -0.2) is 34.5 Å². The van der Waals surface area contributed by atoms with Crippen molar-refractivity contribution in [2.24, 2.45) is 29.1 Å². The molecule has 4 aromatic carbocycles. The standard InChI is InChI=1S/C43H34ClFN2O6/c1-3-8-23-11-7-12-30(38(23)49)36-28-18-19-29-35(31(28)22-32-40(51)47(42(53)43(32,36)2)27-17-20-34(45)33(44)21-27)41(52)46(39(29)50)26-15-13-25(14-16-26)37(48)24-9-5-4-6-10-24/h3-7,9-18,20-21,29,31-32,35-36,49H,1,8,19,22H2,2H3. The summed E-state index contributed by atoms with van der Waals surface area (Å²) in [4.78, 5) is 73.0. The van der Waals surface area contributed by atoms with Gasteiger partial charge in [-0.05, 0) is 80.1 Å². The molecule has 8 rings (SSSR count). The third kappa shape index (κ3) is 5.12. The molecule has 0 radical (unpaired) electrons. The lowest BCUT2D eigenvalue weighted by Crippen LogP contribution is -2.49. The Morgan fingerprint density at radius 3 is 2.28 bits per heavy atom. The Balaban J connectivity index is 1.20. The van der Waals surface area contributed by atoms with E-state index in [9.17, 15) is 33.5 Å². The molecule has 53 heavy (non-hydrogen) atoms. The van der Waals surface area contributed by atoms with E-state index < -0.39 is 58.5 Å². The molecule has 4 aliphatic rings. The van der Waals surface area contributed by atoms with Crippen LogP contribution in [0.4, 0.5) is 15.8 Å². The maximum absolute atomic E-state index is 14.7. The number of allylic oxidation sites excluding steroid dienone is 3. The highest BCUT2D eigenvalue weighted by atomic mass is 35.5. The number of phenols is 1. The lowest BCUT2D eigenvalue weighted by Gasteiger charge is -2.49. The van der Waals surface area contributed by atoms with Crippen molar-refractivity contribution in [1.82, 2.24) is 0 Å². The fraction of sp³-hybridized carbons (Fsp3) is 0.233. The fourth-order valence-electron chi connectivity index (χ4n) is 9.17. The molecular weight excluding hydrogens is 695 g/mol.